The van der Waals surface area contributed by atoms with Crippen LogP contribution in [0.15, 0.2) is 73.1 Å². The van der Waals surface area contributed by atoms with Crippen LogP contribution in [-0.2, 0) is 11.8 Å². The van der Waals surface area contributed by atoms with Crippen LogP contribution in [0.3, 0.4) is 0 Å². The third kappa shape index (κ3) is 10.2. The van der Waals surface area contributed by atoms with Crippen molar-refractivity contribution < 1.29 is 0 Å². The maximum Gasteiger partial charge on any atom is 0.112 e. The van der Waals surface area contributed by atoms with Crippen LogP contribution in [0.5, 0.6) is 0 Å². The summed E-state index contributed by atoms with van der Waals surface area (Å²) in [6, 6.07) is 22.7. The van der Waals surface area contributed by atoms with Crippen molar-refractivity contribution in [2.75, 3.05) is 0 Å². The van der Waals surface area contributed by atoms with Crippen molar-refractivity contribution in [1.82, 2.24) is 9.55 Å². The Balaban J connectivity index is 1.58. The second-order valence-corrected chi connectivity index (χ2v) is 12.7. The van der Waals surface area contributed by atoms with E-state index in [1.54, 1.807) is 0 Å². The fourth-order valence-corrected chi connectivity index (χ4v) is 6.57. The Labute approximate surface area is 247 Å². The van der Waals surface area contributed by atoms with Crippen LogP contribution in [0.1, 0.15) is 153 Å². The summed E-state index contributed by atoms with van der Waals surface area (Å²) >= 11 is 0. The molecule has 0 radical (unpaired) electrons. The maximum absolute atomic E-state index is 5.02. The van der Waals surface area contributed by atoms with Crippen LogP contribution in [-0.4, -0.2) is 9.55 Å². The molecular formula is C38H58N2. The van der Waals surface area contributed by atoms with E-state index in [0.29, 0.717) is 12.0 Å². The molecule has 0 saturated heterocycles. The predicted octanol–water partition coefficient (Wildman–Crippen LogP) is 11.6. The number of rotatable bonds is 21. The number of unbranched alkanes of at least 4 members (excludes halogenated alkanes) is 13. The molecule has 3 aromatic rings. The lowest BCUT2D eigenvalue weighted by molar-refractivity contribution is 0.318. The molecule has 2 unspecified atom stereocenters. The monoisotopic (exact) mass is 542 g/mol. The summed E-state index contributed by atoms with van der Waals surface area (Å²) in [5.74, 6) is 1.62. The molecule has 220 valence electrons. The molecule has 0 aliphatic heterocycles. The average Bonchev–Trinajstić information content (AvgIpc) is 3.46. The molecule has 0 saturated carbocycles. The topological polar surface area (TPSA) is 17.8 Å². The van der Waals surface area contributed by atoms with Crippen LogP contribution in [0.2, 0.25) is 0 Å². The second-order valence-electron chi connectivity index (χ2n) is 12.7. The Bertz CT molecular complexity index is 1020. The largest absolute Gasteiger partial charge is 0.332 e. The molecule has 1 heterocycles. The van der Waals surface area contributed by atoms with E-state index in [1.807, 2.05) is 6.20 Å². The van der Waals surface area contributed by atoms with Crippen molar-refractivity contribution in [1.29, 1.82) is 0 Å². The van der Waals surface area contributed by atoms with Gasteiger partial charge in [0.25, 0.3) is 0 Å². The summed E-state index contributed by atoms with van der Waals surface area (Å²) in [5.41, 5.74) is 2.80. The van der Waals surface area contributed by atoms with Gasteiger partial charge in [-0.3, -0.25) is 0 Å². The summed E-state index contributed by atoms with van der Waals surface area (Å²) in [5, 5.41) is 0. The summed E-state index contributed by atoms with van der Waals surface area (Å²) in [6.45, 7) is 9.36. The number of hydrogen-bond acceptors (Lipinski definition) is 1. The van der Waals surface area contributed by atoms with E-state index in [9.17, 15) is 0 Å². The van der Waals surface area contributed by atoms with Crippen LogP contribution in [0, 0.1) is 0 Å². The lowest BCUT2D eigenvalue weighted by Crippen LogP contribution is -2.35. The first-order valence-electron chi connectivity index (χ1n) is 16.7. The summed E-state index contributed by atoms with van der Waals surface area (Å²) < 4.78 is 2.42. The van der Waals surface area contributed by atoms with Gasteiger partial charge in [-0.2, -0.15) is 0 Å². The zero-order chi connectivity index (χ0) is 28.5. The van der Waals surface area contributed by atoms with Gasteiger partial charge in [0.05, 0.1) is 0 Å². The third-order valence-corrected chi connectivity index (χ3v) is 9.03. The van der Waals surface area contributed by atoms with E-state index >= 15 is 0 Å². The quantitative estimate of drug-likeness (QED) is 0.122. The van der Waals surface area contributed by atoms with Crippen LogP contribution in [0.4, 0.5) is 0 Å². The highest BCUT2D eigenvalue weighted by molar-refractivity contribution is 5.33. The van der Waals surface area contributed by atoms with Gasteiger partial charge in [0, 0.05) is 29.8 Å². The Morgan fingerprint density at radius 3 is 1.70 bits per heavy atom. The molecule has 2 atom stereocenters. The Kier molecular flexibility index (Phi) is 14.6. The highest BCUT2D eigenvalue weighted by Gasteiger charge is 2.39. The Morgan fingerprint density at radius 1 is 0.675 bits per heavy atom. The smallest absolute Gasteiger partial charge is 0.112 e. The minimum atomic E-state index is -0.0306. The summed E-state index contributed by atoms with van der Waals surface area (Å²) in [7, 11) is 0. The zero-order valence-electron chi connectivity index (χ0n) is 26.3. The SMILES string of the molecule is CCCCCCCCCCCCCCCCC(c1nccn1C(C)C)C(C)(Cc1ccccc1)c1ccccc1. The molecule has 3 rings (SSSR count). The van der Waals surface area contributed by atoms with Crippen molar-refractivity contribution in [3.05, 3.63) is 90.0 Å². The number of nitrogens with zero attached hydrogens (tertiary/aromatic N) is 2. The first kappa shape index (κ1) is 32.2. The average molecular weight is 543 g/mol. The lowest BCUT2D eigenvalue weighted by Gasteiger charge is -2.39. The van der Waals surface area contributed by atoms with Gasteiger partial charge in [0.1, 0.15) is 5.82 Å². The van der Waals surface area contributed by atoms with Gasteiger partial charge in [-0.25, -0.2) is 4.98 Å². The molecule has 0 spiro atoms. The molecule has 0 amide bonds. The highest BCUT2D eigenvalue weighted by Crippen LogP contribution is 2.44. The highest BCUT2D eigenvalue weighted by atomic mass is 15.1. The van der Waals surface area contributed by atoms with E-state index in [1.165, 1.54) is 113 Å². The van der Waals surface area contributed by atoms with Gasteiger partial charge in [-0.15, -0.1) is 0 Å². The second kappa shape index (κ2) is 18.2. The Hall–Kier alpha value is -2.35. The van der Waals surface area contributed by atoms with Crippen LogP contribution in [0.25, 0.3) is 0 Å². The Morgan fingerprint density at radius 2 is 1.18 bits per heavy atom. The predicted molar refractivity (Wildman–Crippen MR) is 174 cm³/mol. The molecule has 0 bridgehead atoms. The fourth-order valence-electron chi connectivity index (χ4n) is 6.57. The molecule has 0 N–H and O–H groups in total. The third-order valence-electron chi connectivity index (χ3n) is 9.03. The number of benzene rings is 2. The van der Waals surface area contributed by atoms with Gasteiger partial charge in [-0.05, 0) is 37.8 Å². The van der Waals surface area contributed by atoms with Crippen molar-refractivity contribution in [2.24, 2.45) is 0 Å². The minimum absolute atomic E-state index is 0.0306. The van der Waals surface area contributed by atoms with Gasteiger partial charge in [-0.1, -0.05) is 164 Å². The molecule has 2 nitrogen and oxygen atoms in total. The lowest BCUT2D eigenvalue weighted by atomic mass is 9.66. The van der Waals surface area contributed by atoms with E-state index in [-0.39, 0.29) is 5.41 Å². The molecule has 0 fully saturated rings. The summed E-state index contributed by atoms with van der Waals surface area (Å²) in [6.07, 6.45) is 26.0. The normalized spacial score (nSPS) is 13.9. The number of imidazole rings is 1. The van der Waals surface area contributed by atoms with E-state index in [2.05, 4.69) is 99.1 Å². The molecule has 2 heteroatoms. The molecular weight excluding hydrogens is 484 g/mol. The minimum Gasteiger partial charge on any atom is -0.332 e. The first-order valence-corrected chi connectivity index (χ1v) is 16.7. The van der Waals surface area contributed by atoms with Crippen molar-refractivity contribution in [3.8, 4) is 0 Å². The number of aromatic nitrogens is 2. The molecule has 0 aliphatic carbocycles. The van der Waals surface area contributed by atoms with Crippen LogP contribution < -0.4 is 0 Å². The molecule has 0 aliphatic rings. The molecule has 1 aromatic heterocycles. The van der Waals surface area contributed by atoms with Gasteiger partial charge >= 0.3 is 0 Å². The number of hydrogen-bond donors (Lipinski definition) is 0. The molecule has 2 aromatic carbocycles. The van der Waals surface area contributed by atoms with Gasteiger partial charge in [0.15, 0.2) is 0 Å². The van der Waals surface area contributed by atoms with Crippen LogP contribution >= 0.6 is 0 Å². The fraction of sp³-hybridized carbons (Fsp3) is 0.605. The van der Waals surface area contributed by atoms with E-state index < -0.39 is 0 Å². The van der Waals surface area contributed by atoms with Crippen molar-refractivity contribution in [3.63, 3.8) is 0 Å². The summed E-state index contributed by atoms with van der Waals surface area (Å²) in [4.78, 5) is 5.02. The van der Waals surface area contributed by atoms with E-state index in [4.69, 9.17) is 4.98 Å². The van der Waals surface area contributed by atoms with Gasteiger partial charge < -0.3 is 4.57 Å². The maximum atomic E-state index is 5.02. The van der Waals surface area contributed by atoms with Gasteiger partial charge in [0.2, 0.25) is 0 Å². The first-order chi connectivity index (χ1) is 19.6. The van der Waals surface area contributed by atoms with Crippen molar-refractivity contribution >= 4 is 0 Å². The standard InChI is InChI=1S/C38H58N2/c1-5-6-7-8-9-10-11-12-13-14-15-16-17-24-29-36(37-39-30-31-40(37)33(2)3)38(4,35-27-22-19-23-28-35)32-34-25-20-18-21-26-34/h18-23,25-28,30-31,33,36H,5-17,24,29,32H2,1-4H3. The molecule has 40 heavy (non-hydrogen) atoms. The van der Waals surface area contributed by atoms with Crippen molar-refractivity contribution in [2.45, 2.75) is 148 Å². The zero-order valence-corrected chi connectivity index (χ0v) is 26.3. The van der Waals surface area contributed by atoms with E-state index in [0.717, 1.165) is 6.42 Å².